The number of fused-ring (bicyclic) bond motifs is 1. The summed E-state index contributed by atoms with van der Waals surface area (Å²) < 4.78 is 30.7. The Hall–Kier alpha value is -2.17. The van der Waals surface area contributed by atoms with Crippen LogP contribution in [0.3, 0.4) is 0 Å². The van der Waals surface area contributed by atoms with Gasteiger partial charge in [-0.3, -0.25) is 9.11 Å². The van der Waals surface area contributed by atoms with E-state index in [4.69, 9.17) is 9.84 Å². The molecule has 0 aromatic heterocycles. The van der Waals surface area contributed by atoms with Crippen LogP contribution < -0.4 is 9.64 Å². The molecule has 0 aliphatic carbocycles. The van der Waals surface area contributed by atoms with Crippen LogP contribution in [0, 0.1) is 0 Å². The van der Waals surface area contributed by atoms with Crippen LogP contribution in [0.1, 0.15) is 39.5 Å². The molecule has 1 heterocycles. The maximum atomic E-state index is 11.7. The molecule has 0 unspecified atom stereocenters. The van der Waals surface area contributed by atoms with Gasteiger partial charge in [0.1, 0.15) is 10.6 Å². The number of anilines is 2. The zero-order valence-electron chi connectivity index (χ0n) is 20.1. The van der Waals surface area contributed by atoms with E-state index in [2.05, 4.69) is 18.7 Å². The van der Waals surface area contributed by atoms with Crippen molar-refractivity contribution in [2.75, 3.05) is 24.7 Å². The van der Waals surface area contributed by atoms with Crippen molar-refractivity contribution in [2.24, 2.45) is 0 Å². The third-order valence-corrected chi connectivity index (χ3v) is 9.29. The molecule has 0 fully saturated rings. The first-order valence-corrected chi connectivity index (χ1v) is 14.1. The van der Waals surface area contributed by atoms with Crippen LogP contribution in [0.15, 0.2) is 64.6 Å². The molecule has 3 N–H and O–H groups in total. The molecule has 1 aliphatic rings. The van der Waals surface area contributed by atoms with Gasteiger partial charge in [-0.05, 0) is 37.3 Å². The molecule has 3 rings (SSSR count). The SMILES string of the molecule is CCCC[C@@]1(CC)CN(c2ccccc2)c2cc(SC)c(O/C=C/C(=O)O)cc2S(O)(O)N1C. The van der Waals surface area contributed by atoms with Crippen LogP contribution in [0.25, 0.3) is 0 Å². The van der Waals surface area contributed by atoms with Crippen molar-refractivity contribution in [3.8, 4) is 5.75 Å². The number of para-hydroxylation sites is 1. The van der Waals surface area contributed by atoms with Crippen molar-refractivity contribution < 1.29 is 23.7 Å². The minimum absolute atomic E-state index is 0.363. The van der Waals surface area contributed by atoms with Gasteiger partial charge in [-0.25, -0.2) is 4.79 Å². The van der Waals surface area contributed by atoms with Crippen molar-refractivity contribution in [1.29, 1.82) is 0 Å². The first-order valence-electron chi connectivity index (χ1n) is 11.3. The minimum atomic E-state index is -3.38. The lowest BCUT2D eigenvalue weighted by molar-refractivity contribution is -0.131. The van der Waals surface area contributed by atoms with Crippen LogP contribution in [-0.2, 0) is 4.79 Å². The Kier molecular flexibility index (Phi) is 8.59. The topological polar surface area (TPSA) is 93.5 Å². The number of ether oxygens (including phenoxy) is 1. The lowest BCUT2D eigenvalue weighted by Crippen LogP contribution is -2.52. The first kappa shape index (κ1) is 26.4. The number of carbonyl (C=O) groups is 1. The number of unbranched alkanes of at least 4 members (excludes halogenated alkanes) is 1. The standard InChI is InChI=1S/C25H34N2O5S2/c1-5-7-14-25(6-2)18-27(19-11-9-8-10-12-19)20-16-22(33-4)21(32-15-13-24(28)29)17-23(20)34(30,31)26(25)3/h8-13,15-17,30-31H,5-7,14,18H2,1-4H3,(H,28,29)/b15-13+/t25-/m0/s1. The molecule has 0 radical (unpaired) electrons. The number of benzene rings is 2. The van der Waals surface area contributed by atoms with Gasteiger partial charge in [0.2, 0.25) is 0 Å². The predicted molar refractivity (Wildman–Crippen MR) is 140 cm³/mol. The first-order chi connectivity index (χ1) is 16.2. The Bertz CT molecular complexity index is 1030. The van der Waals surface area contributed by atoms with Gasteiger partial charge in [0.05, 0.1) is 28.5 Å². The largest absolute Gasteiger partial charge is 0.478 e. The normalized spacial score (nSPS) is 21.2. The lowest BCUT2D eigenvalue weighted by atomic mass is 9.88. The summed E-state index contributed by atoms with van der Waals surface area (Å²) in [5.41, 5.74) is 1.21. The molecule has 0 bridgehead atoms. The second kappa shape index (κ2) is 11.0. The highest BCUT2D eigenvalue weighted by atomic mass is 32.3. The molecule has 7 nitrogen and oxygen atoms in total. The van der Waals surface area contributed by atoms with Crippen LogP contribution in [0.5, 0.6) is 5.75 Å². The fourth-order valence-electron chi connectivity index (χ4n) is 4.37. The van der Waals surface area contributed by atoms with Gasteiger partial charge in [-0.15, -0.1) is 22.5 Å². The third kappa shape index (κ3) is 5.23. The van der Waals surface area contributed by atoms with Crippen molar-refractivity contribution >= 4 is 39.9 Å². The van der Waals surface area contributed by atoms with Crippen LogP contribution in [0.2, 0.25) is 0 Å². The van der Waals surface area contributed by atoms with E-state index in [1.807, 2.05) is 42.7 Å². The number of thioether (sulfide) groups is 1. The number of carboxylic acids is 1. The number of hydrogen-bond acceptors (Lipinski definition) is 7. The maximum Gasteiger partial charge on any atom is 0.331 e. The molecule has 2 aromatic carbocycles. The van der Waals surface area contributed by atoms with Gasteiger partial charge in [0, 0.05) is 25.3 Å². The average Bonchev–Trinajstić information content (AvgIpc) is 2.90. The molecule has 2 aromatic rings. The van der Waals surface area contributed by atoms with E-state index >= 15 is 0 Å². The van der Waals surface area contributed by atoms with Crippen LogP contribution in [0.4, 0.5) is 11.4 Å². The maximum absolute atomic E-state index is 11.7. The Labute approximate surface area is 207 Å². The highest BCUT2D eigenvalue weighted by Crippen LogP contribution is 2.62. The summed E-state index contributed by atoms with van der Waals surface area (Å²) in [6, 6.07) is 13.5. The fraction of sp³-hybridized carbons (Fsp3) is 0.400. The second-order valence-corrected chi connectivity index (χ2v) is 11.2. The van der Waals surface area contributed by atoms with Gasteiger partial charge in [0.15, 0.2) is 0 Å². The fourth-order valence-corrected chi connectivity index (χ4v) is 6.73. The van der Waals surface area contributed by atoms with Gasteiger partial charge in [0.25, 0.3) is 0 Å². The quantitative estimate of drug-likeness (QED) is 0.193. The number of rotatable bonds is 9. The van der Waals surface area contributed by atoms with Gasteiger partial charge < -0.3 is 14.7 Å². The van der Waals surface area contributed by atoms with E-state index in [1.165, 1.54) is 11.8 Å². The summed E-state index contributed by atoms with van der Waals surface area (Å²) >= 11 is 1.45. The Morgan fingerprint density at radius 2 is 1.94 bits per heavy atom. The summed E-state index contributed by atoms with van der Waals surface area (Å²) in [5.74, 6) is -0.744. The summed E-state index contributed by atoms with van der Waals surface area (Å²) in [6.07, 6.45) is 7.46. The van der Waals surface area contributed by atoms with Crippen molar-refractivity contribution in [3.63, 3.8) is 0 Å². The molecule has 9 heteroatoms. The monoisotopic (exact) mass is 506 g/mol. The van der Waals surface area contributed by atoms with Crippen molar-refractivity contribution in [2.45, 2.75) is 54.9 Å². The van der Waals surface area contributed by atoms with Gasteiger partial charge in [-0.1, -0.05) is 44.9 Å². The number of likely N-dealkylation sites (N-methyl/N-ethyl adjacent to an activating group) is 1. The van der Waals surface area contributed by atoms with Gasteiger partial charge >= 0.3 is 5.97 Å². The van der Waals surface area contributed by atoms with Crippen molar-refractivity contribution in [1.82, 2.24) is 4.31 Å². The lowest BCUT2D eigenvalue weighted by Gasteiger charge is -2.50. The van der Waals surface area contributed by atoms with E-state index < -0.39 is 22.3 Å². The third-order valence-electron chi connectivity index (χ3n) is 6.46. The smallest absolute Gasteiger partial charge is 0.331 e. The van der Waals surface area contributed by atoms with E-state index in [0.717, 1.165) is 48.6 Å². The molecule has 34 heavy (non-hydrogen) atoms. The molecule has 1 atom stereocenters. The molecular weight excluding hydrogens is 472 g/mol. The molecule has 0 saturated carbocycles. The van der Waals surface area contributed by atoms with E-state index in [-0.39, 0.29) is 0 Å². The summed E-state index contributed by atoms with van der Waals surface area (Å²) in [7, 11) is -1.58. The molecule has 1 aliphatic heterocycles. The highest BCUT2D eigenvalue weighted by molar-refractivity contribution is 8.22. The van der Waals surface area contributed by atoms with Gasteiger partial charge in [-0.2, -0.15) is 4.31 Å². The summed E-state index contributed by atoms with van der Waals surface area (Å²) in [5, 5.41) is 8.92. The highest BCUT2D eigenvalue weighted by Gasteiger charge is 2.46. The summed E-state index contributed by atoms with van der Waals surface area (Å²) in [6.45, 7) is 4.83. The number of carboxylic acid groups (broad SMARTS) is 1. The minimum Gasteiger partial charge on any atom is -0.478 e. The second-order valence-electron chi connectivity index (χ2n) is 8.35. The Morgan fingerprint density at radius 3 is 2.53 bits per heavy atom. The van der Waals surface area contributed by atoms with Crippen LogP contribution in [-0.4, -0.2) is 49.9 Å². The van der Waals surface area contributed by atoms with E-state index in [9.17, 15) is 13.9 Å². The molecule has 0 amide bonds. The zero-order chi connectivity index (χ0) is 24.9. The molecule has 186 valence electrons. The Balaban J connectivity index is 2.26. The zero-order valence-corrected chi connectivity index (χ0v) is 21.7. The predicted octanol–water partition coefficient (Wildman–Crippen LogP) is 6.83. The number of aliphatic carboxylic acids is 1. The number of hydrogen-bond donors (Lipinski definition) is 3. The average molecular weight is 507 g/mol. The Morgan fingerprint density at radius 1 is 1.24 bits per heavy atom. The van der Waals surface area contributed by atoms with Crippen molar-refractivity contribution in [3.05, 3.63) is 54.8 Å². The summed E-state index contributed by atoms with van der Waals surface area (Å²) in [4.78, 5) is 14.2. The molecular formula is C25H34N2O5S2. The van der Waals surface area contributed by atoms with E-state index in [1.54, 1.807) is 17.4 Å². The molecule has 0 saturated heterocycles. The van der Waals surface area contributed by atoms with Crippen LogP contribution >= 0.6 is 22.5 Å². The van der Waals surface area contributed by atoms with E-state index in [0.29, 0.717) is 22.9 Å². The molecule has 0 spiro atoms. The number of nitrogens with zero attached hydrogens (tertiary/aromatic N) is 2.